The molecule has 0 atom stereocenters. The molecule has 0 bridgehead atoms. The lowest BCUT2D eigenvalue weighted by molar-refractivity contribution is -0.134. The standard InChI is InChI=1S/C19H25Cl2N3O/c1-13(2)9-19(25)24(14(3)4)12-18-22-7-8-23(18)11-15-5-6-16(20)17(21)10-15/h5-8,10,13-14H,9,11-12H2,1-4H3. The second-order valence-corrected chi connectivity index (χ2v) is 7.75. The summed E-state index contributed by atoms with van der Waals surface area (Å²) in [5, 5.41) is 1.08. The Balaban J connectivity index is 2.16. The lowest BCUT2D eigenvalue weighted by Crippen LogP contribution is -2.37. The molecule has 2 rings (SSSR count). The van der Waals surface area contributed by atoms with Crippen molar-refractivity contribution in [3.8, 4) is 0 Å². The van der Waals surface area contributed by atoms with Gasteiger partial charge in [-0.3, -0.25) is 4.79 Å². The molecule has 0 N–H and O–H groups in total. The molecule has 25 heavy (non-hydrogen) atoms. The van der Waals surface area contributed by atoms with E-state index in [0.29, 0.717) is 35.5 Å². The summed E-state index contributed by atoms with van der Waals surface area (Å²) in [5.74, 6) is 1.36. The molecule has 6 heteroatoms. The van der Waals surface area contributed by atoms with E-state index in [1.165, 1.54) is 0 Å². The number of imidazole rings is 1. The monoisotopic (exact) mass is 381 g/mol. The summed E-state index contributed by atoms with van der Waals surface area (Å²) in [4.78, 5) is 18.9. The Kier molecular flexibility index (Phi) is 6.91. The summed E-state index contributed by atoms with van der Waals surface area (Å²) in [5.41, 5.74) is 1.04. The molecule has 0 radical (unpaired) electrons. The molecule has 4 nitrogen and oxygen atoms in total. The van der Waals surface area contributed by atoms with Crippen LogP contribution in [0.2, 0.25) is 10.0 Å². The maximum absolute atomic E-state index is 12.5. The fourth-order valence-corrected chi connectivity index (χ4v) is 2.97. The molecular weight excluding hydrogens is 357 g/mol. The highest BCUT2D eigenvalue weighted by molar-refractivity contribution is 6.42. The van der Waals surface area contributed by atoms with Gasteiger partial charge in [0.05, 0.1) is 16.6 Å². The number of hydrogen-bond acceptors (Lipinski definition) is 2. The van der Waals surface area contributed by atoms with Crippen molar-refractivity contribution in [2.45, 2.75) is 53.2 Å². The Labute approximate surface area is 159 Å². The van der Waals surface area contributed by atoms with Crippen LogP contribution in [-0.4, -0.2) is 26.4 Å². The zero-order chi connectivity index (χ0) is 18.6. The molecule has 1 heterocycles. The van der Waals surface area contributed by atoms with Crippen LogP contribution in [-0.2, 0) is 17.9 Å². The number of benzene rings is 1. The van der Waals surface area contributed by atoms with Gasteiger partial charge in [-0.25, -0.2) is 4.98 Å². The number of aromatic nitrogens is 2. The molecule has 0 saturated heterocycles. The molecular formula is C19H25Cl2N3O. The quantitative estimate of drug-likeness (QED) is 0.674. The molecule has 1 amide bonds. The minimum absolute atomic E-state index is 0.126. The zero-order valence-corrected chi connectivity index (χ0v) is 16.7. The van der Waals surface area contributed by atoms with Crippen LogP contribution < -0.4 is 0 Å². The van der Waals surface area contributed by atoms with Crippen LogP contribution in [0.4, 0.5) is 0 Å². The highest BCUT2D eigenvalue weighted by Gasteiger charge is 2.20. The smallest absolute Gasteiger partial charge is 0.223 e. The van der Waals surface area contributed by atoms with Crippen LogP contribution in [0.15, 0.2) is 30.6 Å². The molecule has 0 fully saturated rings. The fraction of sp³-hybridized carbons (Fsp3) is 0.474. The molecule has 0 saturated carbocycles. The number of rotatable bonds is 7. The van der Waals surface area contributed by atoms with Crippen molar-refractivity contribution in [2.75, 3.05) is 0 Å². The van der Waals surface area contributed by atoms with Crippen molar-refractivity contribution in [2.24, 2.45) is 5.92 Å². The first-order chi connectivity index (χ1) is 11.8. The summed E-state index contributed by atoms with van der Waals surface area (Å²) < 4.78 is 2.04. The third-order valence-corrected chi connectivity index (χ3v) is 4.72. The van der Waals surface area contributed by atoms with E-state index >= 15 is 0 Å². The van der Waals surface area contributed by atoms with Crippen molar-refractivity contribution in [1.29, 1.82) is 0 Å². The first-order valence-corrected chi connectivity index (χ1v) is 9.27. The Morgan fingerprint density at radius 1 is 1.20 bits per heavy atom. The van der Waals surface area contributed by atoms with Crippen LogP contribution >= 0.6 is 23.2 Å². The maximum atomic E-state index is 12.5. The van der Waals surface area contributed by atoms with Crippen molar-refractivity contribution in [3.05, 3.63) is 52.0 Å². The first-order valence-electron chi connectivity index (χ1n) is 8.51. The van der Waals surface area contributed by atoms with Crippen molar-refractivity contribution < 1.29 is 4.79 Å². The van der Waals surface area contributed by atoms with Crippen molar-refractivity contribution >= 4 is 29.1 Å². The van der Waals surface area contributed by atoms with Gasteiger partial charge in [0.25, 0.3) is 0 Å². The fourth-order valence-electron chi connectivity index (χ4n) is 2.65. The molecule has 136 valence electrons. The van der Waals surface area contributed by atoms with Crippen LogP contribution in [0, 0.1) is 5.92 Å². The molecule has 0 aliphatic heterocycles. The number of halogens is 2. The van der Waals surface area contributed by atoms with E-state index in [1.54, 1.807) is 12.3 Å². The molecule has 2 aromatic rings. The summed E-state index contributed by atoms with van der Waals surface area (Å²) in [6, 6.07) is 5.73. The van der Waals surface area contributed by atoms with Gasteiger partial charge in [0, 0.05) is 31.4 Å². The lowest BCUT2D eigenvalue weighted by atomic mass is 10.1. The predicted molar refractivity (Wildman–Crippen MR) is 103 cm³/mol. The molecule has 0 unspecified atom stereocenters. The number of amides is 1. The van der Waals surface area contributed by atoms with Crippen LogP contribution in [0.25, 0.3) is 0 Å². The minimum atomic E-state index is 0.126. The van der Waals surface area contributed by atoms with Gasteiger partial charge in [0.15, 0.2) is 0 Å². The van der Waals surface area contributed by atoms with Crippen LogP contribution in [0.5, 0.6) is 0 Å². The average molecular weight is 382 g/mol. The lowest BCUT2D eigenvalue weighted by Gasteiger charge is -2.27. The van der Waals surface area contributed by atoms with Gasteiger partial charge >= 0.3 is 0 Å². The second-order valence-electron chi connectivity index (χ2n) is 6.93. The highest BCUT2D eigenvalue weighted by atomic mass is 35.5. The van der Waals surface area contributed by atoms with Crippen LogP contribution in [0.1, 0.15) is 45.5 Å². The van der Waals surface area contributed by atoms with E-state index in [-0.39, 0.29) is 11.9 Å². The number of nitrogens with zero attached hydrogens (tertiary/aromatic N) is 3. The molecule has 1 aromatic carbocycles. The second kappa shape index (κ2) is 8.72. The average Bonchev–Trinajstić information content (AvgIpc) is 2.94. The van der Waals surface area contributed by atoms with Gasteiger partial charge in [-0.05, 0) is 37.5 Å². The van der Waals surface area contributed by atoms with Gasteiger partial charge in [-0.1, -0.05) is 43.1 Å². The van der Waals surface area contributed by atoms with Crippen molar-refractivity contribution in [1.82, 2.24) is 14.5 Å². The van der Waals surface area contributed by atoms with Crippen LogP contribution in [0.3, 0.4) is 0 Å². The Bertz CT molecular complexity index is 725. The molecule has 0 spiro atoms. The van der Waals surface area contributed by atoms with Crippen molar-refractivity contribution in [3.63, 3.8) is 0 Å². The summed E-state index contributed by atoms with van der Waals surface area (Å²) in [6.45, 7) is 9.31. The largest absolute Gasteiger partial charge is 0.333 e. The molecule has 1 aromatic heterocycles. The molecule has 0 aliphatic carbocycles. The zero-order valence-electron chi connectivity index (χ0n) is 15.2. The number of carbonyl (C=O) groups excluding carboxylic acids is 1. The first kappa shape index (κ1) is 19.8. The Morgan fingerprint density at radius 3 is 2.52 bits per heavy atom. The number of hydrogen-bond donors (Lipinski definition) is 0. The topological polar surface area (TPSA) is 38.1 Å². The van der Waals surface area contributed by atoms with Gasteiger partial charge < -0.3 is 9.47 Å². The maximum Gasteiger partial charge on any atom is 0.223 e. The third-order valence-electron chi connectivity index (χ3n) is 3.98. The van der Waals surface area contributed by atoms with E-state index in [9.17, 15) is 4.79 Å². The Morgan fingerprint density at radius 2 is 1.92 bits per heavy atom. The van der Waals surface area contributed by atoms with Gasteiger partial charge in [0.2, 0.25) is 5.91 Å². The highest BCUT2D eigenvalue weighted by Crippen LogP contribution is 2.23. The normalized spacial score (nSPS) is 11.4. The van der Waals surface area contributed by atoms with E-state index in [0.717, 1.165) is 11.4 Å². The van der Waals surface area contributed by atoms with E-state index in [4.69, 9.17) is 23.2 Å². The summed E-state index contributed by atoms with van der Waals surface area (Å²) in [6.07, 6.45) is 4.23. The van der Waals surface area contributed by atoms with E-state index in [2.05, 4.69) is 18.8 Å². The van der Waals surface area contributed by atoms with Gasteiger partial charge in [0.1, 0.15) is 5.82 Å². The summed E-state index contributed by atoms with van der Waals surface area (Å²) in [7, 11) is 0. The minimum Gasteiger partial charge on any atom is -0.333 e. The predicted octanol–water partition coefficient (Wildman–Crippen LogP) is 5.02. The summed E-state index contributed by atoms with van der Waals surface area (Å²) >= 11 is 12.1. The Hall–Kier alpha value is -1.52. The third kappa shape index (κ3) is 5.48. The number of carbonyl (C=O) groups is 1. The van der Waals surface area contributed by atoms with Gasteiger partial charge in [-0.15, -0.1) is 0 Å². The molecule has 0 aliphatic rings. The van der Waals surface area contributed by atoms with Gasteiger partial charge in [-0.2, -0.15) is 0 Å². The van der Waals surface area contributed by atoms with E-state index < -0.39 is 0 Å². The SMILES string of the molecule is CC(C)CC(=O)N(Cc1nccn1Cc1ccc(Cl)c(Cl)c1)C(C)C. The van der Waals surface area contributed by atoms with E-state index in [1.807, 2.05) is 41.6 Å².